The second-order valence-electron chi connectivity index (χ2n) is 13.5. The second kappa shape index (κ2) is 14.7. The summed E-state index contributed by atoms with van der Waals surface area (Å²) >= 11 is 0. The molecule has 2 aliphatic rings. The zero-order chi connectivity index (χ0) is 27.8. The molecule has 0 saturated heterocycles. The van der Waals surface area contributed by atoms with Crippen molar-refractivity contribution in [2.75, 3.05) is 0 Å². The summed E-state index contributed by atoms with van der Waals surface area (Å²) in [7, 11) is 0. The summed E-state index contributed by atoms with van der Waals surface area (Å²) in [5.74, 6) is 4.56. The highest BCUT2D eigenvalue weighted by molar-refractivity contribution is 5.69. The molecule has 0 radical (unpaired) electrons. The van der Waals surface area contributed by atoms with Gasteiger partial charge in [-0.3, -0.25) is 0 Å². The topological polar surface area (TPSA) is 0 Å². The summed E-state index contributed by atoms with van der Waals surface area (Å²) in [4.78, 5) is 0. The first-order valence-electron chi connectivity index (χ1n) is 16.8. The molecule has 214 valence electrons. The van der Waals surface area contributed by atoms with Gasteiger partial charge in [-0.05, 0) is 154 Å². The van der Waals surface area contributed by atoms with E-state index in [1.54, 1.807) is 11.1 Å². The van der Waals surface area contributed by atoms with Crippen molar-refractivity contribution in [3.63, 3.8) is 0 Å². The molecule has 0 N–H and O–H groups in total. The number of unbranched alkanes of at least 4 members (excludes halogenated alkanes) is 2. The monoisotopic (exact) mass is 526 g/mol. The largest absolute Gasteiger partial charge is 0.100 e. The highest BCUT2D eigenvalue weighted by Crippen LogP contribution is 2.46. The van der Waals surface area contributed by atoms with Gasteiger partial charge in [0, 0.05) is 0 Å². The molecule has 2 saturated carbocycles. The minimum Gasteiger partial charge on any atom is -0.100 e. The van der Waals surface area contributed by atoms with Crippen LogP contribution in [-0.4, -0.2) is 0 Å². The zero-order valence-electron chi connectivity index (χ0n) is 26.2. The predicted molar refractivity (Wildman–Crippen MR) is 173 cm³/mol. The van der Waals surface area contributed by atoms with Gasteiger partial charge in [0.2, 0.25) is 0 Å². The van der Waals surface area contributed by atoms with E-state index in [0.717, 1.165) is 36.0 Å². The van der Waals surface area contributed by atoms with Gasteiger partial charge in [-0.1, -0.05) is 82.0 Å². The Morgan fingerprint density at radius 1 is 0.846 bits per heavy atom. The Bertz CT molecular complexity index is 1040. The summed E-state index contributed by atoms with van der Waals surface area (Å²) < 4.78 is 0. The Labute approximate surface area is 242 Å². The lowest BCUT2D eigenvalue weighted by Crippen LogP contribution is -2.28. The van der Waals surface area contributed by atoms with E-state index in [0.29, 0.717) is 0 Å². The van der Waals surface area contributed by atoms with Gasteiger partial charge in [-0.2, -0.15) is 0 Å². The smallest absolute Gasteiger partial charge is 0.0154 e. The number of allylic oxidation sites excluding steroid dienone is 1. The van der Waals surface area contributed by atoms with Crippen molar-refractivity contribution in [1.82, 2.24) is 0 Å². The van der Waals surface area contributed by atoms with Gasteiger partial charge in [-0.25, -0.2) is 0 Å². The molecule has 2 aliphatic carbocycles. The standard InChI is InChI=1S/C39H58/c1-7-10-11-12-30-13-23-38(29(6)26-30)37-22-24-39(32(9-3)27-37)36-20-18-35(19-21-36)34-16-14-33(15-17-34)31(8-2)25-28(4)5/h13,22-24,26-27,31,33-36H,4,7-12,14-21,25H2,1-3,5-6H3. The Balaban J connectivity index is 1.34. The average Bonchev–Trinajstić information content (AvgIpc) is 2.96. The molecule has 0 spiro atoms. The lowest BCUT2D eigenvalue weighted by atomic mass is 9.66. The predicted octanol–water partition coefficient (Wildman–Crippen LogP) is 12.0. The van der Waals surface area contributed by atoms with E-state index in [9.17, 15) is 0 Å². The third-order valence-electron chi connectivity index (χ3n) is 10.7. The van der Waals surface area contributed by atoms with Crippen LogP contribution in [0.15, 0.2) is 48.6 Å². The fourth-order valence-electron chi connectivity index (χ4n) is 8.34. The van der Waals surface area contributed by atoms with E-state index in [2.05, 4.69) is 77.6 Å². The van der Waals surface area contributed by atoms with E-state index in [-0.39, 0.29) is 0 Å². The summed E-state index contributed by atoms with van der Waals surface area (Å²) in [5, 5.41) is 0. The molecule has 2 aromatic rings. The molecule has 0 heterocycles. The molecular formula is C39H58. The third-order valence-corrected chi connectivity index (χ3v) is 10.7. The number of hydrogen-bond donors (Lipinski definition) is 0. The van der Waals surface area contributed by atoms with Gasteiger partial charge in [0.25, 0.3) is 0 Å². The highest BCUT2D eigenvalue weighted by atomic mass is 14.4. The highest BCUT2D eigenvalue weighted by Gasteiger charge is 2.33. The number of hydrogen-bond acceptors (Lipinski definition) is 0. The second-order valence-corrected chi connectivity index (χ2v) is 13.5. The lowest BCUT2D eigenvalue weighted by molar-refractivity contribution is 0.132. The first-order valence-corrected chi connectivity index (χ1v) is 16.8. The first kappa shape index (κ1) is 30.1. The summed E-state index contributed by atoms with van der Waals surface area (Å²) in [6.45, 7) is 15.8. The van der Waals surface area contributed by atoms with E-state index in [1.807, 2.05) is 0 Å². The van der Waals surface area contributed by atoms with Crippen LogP contribution in [0, 0.1) is 30.6 Å². The fourth-order valence-corrected chi connectivity index (χ4v) is 8.34. The minimum absolute atomic E-state index is 0.767. The van der Waals surface area contributed by atoms with Crippen molar-refractivity contribution in [3.05, 3.63) is 70.8 Å². The maximum atomic E-state index is 4.21. The summed E-state index contributed by atoms with van der Waals surface area (Å²) in [6.07, 6.45) is 20.5. The molecule has 4 rings (SSSR count). The molecule has 2 fully saturated rings. The average molecular weight is 527 g/mol. The van der Waals surface area contributed by atoms with E-state index < -0.39 is 0 Å². The quantitative estimate of drug-likeness (QED) is 0.190. The van der Waals surface area contributed by atoms with Crippen LogP contribution in [-0.2, 0) is 12.8 Å². The van der Waals surface area contributed by atoms with Crippen LogP contribution in [0.5, 0.6) is 0 Å². The van der Waals surface area contributed by atoms with E-state index in [4.69, 9.17) is 0 Å². The van der Waals surface area contributed by atoms with Crippen LogP contribution < -0.4 is 0 Å². The Hall–Kier alpha value is -1.82. The molecule has 0 nitrogen and oxygen atoms in total. The van der Waals surface area contributed by atoms with Crippen LogP contribution in [0.4, 0.5) is 0 Å². The Morgan fingerprint density at radius 3 is 2.13 bits per heavy atom. The Kier molecular flexibility index (Phi) is 11.4. The molecule has 0 amide bonds. The minimum atomic E-state index is 0.767. The SMILES string of the molecule is C=C(C)CC(CC)C1CCC(C2CCC(c3ccc(-c4ccc(CCCCC)cc4C)cc3CC)CC2)CC1. The molecule has 39 heavy (non-hydrogen) atoms. The van der Waals surface area contributed by atoms with Crippen molar-refractivity contribution >= 4 is 0 Å². The molecule has 1 unspecified atom stereocenters. The summed E-state index contributed by atoms with van der Waals surface area (Å²) in [6, 6.07) is 14.6. The molecular weight excluding hydrogens is 468 g/mol. The van der Waals surface area contributed by atoms with Crippen molar-refractivity contribution in [2.45, 2.75) is 137 Å². The normalized spacial score (nSPS) is 24.4. The van der Waals surface area contributed by atoms with Gasteiger partial charge < -0.3 is 0 Å². The van der Waals surface area contributed by atoms with Gasteiger partial charge in [0.15, 0.2) is 0 Å². The Morgan fingerprint density at radius 2 is 1.54 bits per heavy atom. The van der Waals surface area contributed by atoms with Crippen LogP contribution in [0.3, 0.4) is 0 Å². The summed E-state index contributed by atoms with van der Waals surface area (Å²) in [5.41, 5.74) is 10.4. The number of aryl methyl sites for hydroxylation is 3. The maximum Gasteiger partial charge on any atom is -0.0154 e. The number of benzene rings is 2. The van der Waals surface area contributed by atoms with Crippen LogP contribution >= 0.6 is 0 Å². The van der Waals surface area contributed by atoms with E-state index in [1.165, 1.54) is 118 Å². The van der Waals surface area contributed by atoms with E-state index >= 15 is 0 Å². The van der Waals surface area contributed by atoms with Gasteiger partial charge >= 0.3 is 0 Å². The van der Waals surface area contributed by atoms with Crippen molar-refractivity contribution in [3.8, 4) is 11.1 Å². The van der Waals surface area contributed by atoms with Crippen molar-refractivity contribution < 1.29 is 0 Å². The fraction of sp³-hybridized carbons (Fsp3) is 0.641. The molecule has 0 bridgehead atoms. The molecule has 0 aliphatic heterocycles. The lowest BCUT2D eigenvalue weighted by Gasteiger charge is -2.40. The zero-order valence-corrected chi connectivity index (χ0v) is 26.2. The van der Waals surface area contributed by atoms with Crippen LogP contribution in [0.1, 0.15) is 139 Å². The van der Waals surface area contributed by atoms with Gasteiger partial charge in [0.1, 0.15) is 0 Å². The van der Waals surface area contributed by atoms with Crippen molar-refractivity contribution in [2.24, 2.45) is 23.7 Å². The van der Waals surface area contributed by atoms with Crippen molar-refractivity contribution in [1.29, 1.82) is 0 Å². The third kappa shape index (κ3) is 7.89. The van der Waals surface area contributed by atoms with Crippen LogP contribution in [0.2, 0.25) is 0 Å². The van der Waals surface area contributed by atoms with Gasteiger partial charge in [-0.15, -0.1) is 6.58 Å². The molecule has 0 heteroatoms. The van der Waals surface area contributed by atoms with Crippen LogP contribution in [0.25, 0.3) is 11.1 Å². The molecule has 2 aromatic carbocycles. The number of rotatable bonds is 12. The maximum absolute atomic E-state index is 4.21. The van der Waals surface area contributed by atoms with Gasteiger partial charge in [0.05, 0.1) is 0 Å². The molecule has 0 aromatic heterocycles. The molecule has 1 atom stereocenters. The first-order chi connectivity index (χ1) is 18.9.